The van der Waals surface area contributed by atoms with E-state index in [-0.39, 0.29) is 23.8 Å². The lowest BCUT2D eigenvalue weighted by Crippen LogP contribution is -2.49. The lowest BCUT2D eigenvalue weighted by atomic mass is 9.87. The Hall–Kier alpha value is -1.06. The predicted molar refractivity (Wildman–Crippen MR) is 77.3 cm³/mol. The molecule has 2 unspecified atom stereocenters. The second-order valence-corrected chi connectivity index (χ2v) is 6.49. The molecular weight excluding hydrogens is 254 g/mol. The molecule has 0 aromatic rings. The zero-order valence-corrected chi connectivity index (χ0v) is 12.5. The van der Waals surface area contributed by atoms with E-state index < -0.39 is 5.97 Å². The number of aliphatic carboxylic acids is 1. The Morgan fingerprint density at radius 2 is 1.50 bits per heavy atom. The molecule has 1 heterocycles. The molecule has 1 amide bonds. The molecule has 0 spiro atoms. The summed E-state index contributed by atoms with van der Waals surface area (Å²) < 4.78 is 0. The Labute approximate surface area is 121 Å². The number of carboxylic acids is 1. The third-order valence-corrected chi connectivity index (χ3v) is 4.97. The van der Waals surface area contributed by atoms with E-state index in [0.717, 1.165) is 32.1 Å². The van der Waals surface area contributed by atoms with Crippen molar-refractivity contribution in [3.05, 3.63) is 0 Å². The monoisotopic (exact) mass is 281 g/mol. The summed E-state index contributed by atoms with van der Waals surface area (Å²) in [7, 11) is 0. The summed E-state index contributed by atoms with van der Waals surface area (Å²) in [6, 6.07) is 0.198. The molecule has 0 aromatic heterocycles. The highest BCUT2D eigenvalue weighted by atomic mass is 16.4. The molecule has 114 valence electrons. The van der Waals surface area contributed by atoms with Gasteiger partial charge in [-0.3, -0.25) is 9.59 Å². The number of hydrogen-bond acceptors (Lipinski definition) is 2. The van der Waals surface area contributed by atoms with Gasteiger partial charge in [0.25, 0.3) is 0 Å². The standard InChI is InChI=1S/C16H27NO3/c1-12-9-10-14(16(19)20)11-17(12)15(18)13-7-5-3-2-4-6-8-13/h12-14H,2-11H2,1H3,(H,19,20). The number of piperidine rings is 1. The Morgan fingerprint density at radius 3 is 2.10 bits per heavy atom. The van der Waals surface area contributed by atoms with Crippen LogP contribution in [0.3, 0.4) is 0 Å². The third-order valence-electron chi connectivity index (χ3n) is 4.97. The molecule has 4 nitrogen and oxygen atoms in total. The van der Waals surface area contributed by atoms with Crippen LogP contribution in [0.5, 0.6) is 0 Å². The van der Waals surface area contributed by atoms with Crippen LogP contribution < -0.4 is 0 Å². The molecular formula is C16H27NO3. The zero-order chi connectivity index (χ0) is 14.5. The molecule has 1 aliphatic carbocycles. The van der Waals surface area contributed by atoms with Gasteiger partial charge in [0.05, 0.1) is 5.92 Å². The molecule has 0 aromatic carbocycles. The number of amides is 1. The molecule has 20 heavy (non-hydrogen) atoms. The van der Waals surface area contributed by atoms with Gasteiger partial charge in [0.2, 0.25) is 5.91 Å². The van der Waals surface area contributed by atoms with Crippen LogP contribution in [0.4, 0.5) is 0 Å². The fourth-order valence-electron chi connectivity index (χ4n) is 3.55. The topological polar surface area (TPSA) is 57.6 Å². The smallest absolute Gasteiger partial charge is 0.308 e. The zero-order valence-electron chi connectivity index (χ0n) is 12.5. The third kappa shape index (κ3) is 3.74. The molecule has 0 radical (unpaired) electrons. The van der Waals surface area contributed by atoms with Crippen molar-refractivity contribution in [2.45, 2.75) is 70.8 Å². The van der Waals surface area contributed by atoms with Gasteiger partial charge in [0, 0.05) is 18.5 Å². The van der Waals surface area contributed by atoms with Crippen LogP contribution in [0.15, 0.2) is 0 Å². The molecule has 4 heteroatoms. The van der Waals surface area contributed by atoms with Gasteiger partial charge in [-0.05, 0) is 32.6 Å². The summed E-state index contributed by atoms with van der Waals surface area (Å²) in [6.45, 7) is 2.46. The quantitative estimate of drug-likeness (QED) is 0.846. The van der Waals surface area contributed by atoms with E-state index in [1.807, 2.05) is 4.90 Å². The molecule has 1 saturated heterocycles. The minimum Gasteiger partial charge on any atom is -0.481 e. The fourth-order valence-corrected chi connectivity index (χ4v) is 3.55. The first-order chi connectivity index (χ1) is 9.59. The van der Waals surface area contributed by atoms with E-state index in [4.69, 9.17) is 0 Å². The van der Waals surface area contributed by atoms with Crippen LogP contribution in [0.1, 0.15) is 64.7 Å². The molecule has 1 N–H and O–H groups in total. The van der Waals surface area contributed by atoms with Gasteiger partial charge in [0.1, 0.15) is 0 Å². The first-order valence-corrected chi connectivity index (χ1v) is 8.13. The first-order valence-electron chi connectivity index (χ1n) is 8.13. The van der Waals surface area contributed by atoms with Gasteiger partial charge < -0.3 is 10.0 Å². The van der Waals surface area contributed by atoms with Crippen molar-refractivity contribution in [1.29, 1.82) is 0 Å². The summed E-state index contributed by atoms with van der Waals surface area (Å²) in [4.78, 5) is 25.8. The van der Waals surface area contributed by atoms with Crippen molar-refractivity contribution in [3.8, 4) is 0 Å². The molecule has 2 atom stereocenters. The van der Waals surface area contributed by atoms with Gasteiger partial charge in [-0.1, -0.05) is 32.1 Å². The maximum atomic E-state index is 12.7. The van der Waals surface area contributed by atoms with Crippen LogP contribution in [0.25, 0.3) is 0 Å². The summed E-state index contributed by atoms with van der Waals surface area (Å²) in [5, 5.41) is 9.18. The van der Waals surface area contributed by atoms with Crippen molar-refractivity contribution in [1.82, 2.24) is 4.90 Å². The van der Waals surface area contributed by atoms with E-state index in [1.165, 1.54) is 19.3 Å². The fraction of sp³-hybridized carbons (Fsp3) is 0.875. The average Bonchev–Trinajstić information content (AvgIpc) is 2.38. The summed E-state index contributed by atoms with van der Waals surface area (Å²) in [5.74, 6) is -0.785. The molecule has 2 aliphatic rings. The van der Waals surface area contributed by atoms with Crippen molar-refractivity contribution in [2.75, 3.05) is 6.54 Å². The Balaban J connectivity index is 1.99. The Morgan fingerprint density at radius 1 is 0.900 bits per heavy atom. The maximum Gasteiger partial charge on any atom is 0.308 e. The Bertz CT molecular complexity index is 348. The summed E-state index contributed by atoms with van der Waals surface area (Å²) in [6.07, 6.45) is 9.53. The minimum atomic E-state index is -0.757. The van der Waals surface area contributed by atoms with E-state index in [2.05, 4.69) is 6.92 Å². The molecule has 2 rings (SSSR count). The maximum absolute atomic E-state index is 12.7. The molecule has 1 saturated carbocycles. The van der Waals surface area contributed by atoms with Crippen LogP contribution in [0.2, 0.25) is 0 Å². The lowest BCUT2D eigenvalue weighted by molar-refractivity contribution is -0.149. The van der Waals surface area contributed by atoms with Gasteiger partial charge in [-0.25, -0.2) is 0 Å². The summed E-state index contributed by atoms with van der Waals surface area (Å²) >= 11 is 0. The van der Waals surface area contributed by atoms with Gasteiger partial charge in [0.15, 0.2) is 0 Å². The van der Waals surface area contributed by atoms with Crippen molar-refractivity contribution in [2.24, 2.45) is 11.8 Å². The number of hydrogen-bond donors (Lipinski definition) is 1. The highest BCUT2D eigenvalue weighted by Gasteiger charge is 2.35. The second kappa shape index (κ2) is 7.09. The first kappa shape index (κ1) is 15.3. The van der Waals surface area contributed by atoms with Crippen LogP contribution in [-0.2, 0) is 9.59 Å². The normalized spacial score (nSPS) is 29.6. The van der Waals surface area contributed by atoms with Crippen LogP contribution in [-0.4, -0.2) is 34.5 Å². The van der Waals surface area contributed by atoms with Gasteiger partial charge >= 0.3 is 5.97 Å². The minimum absolute atomic E-state index is 0.130. The molecule has 1 aliphatic heterocycles. The van der Waals surface area contributed by atoms with Crippen molar-refractivity contribution < 1.29 is 14.7 Å². The number of carboxylic acid groups (broad SMARTS) is 1. The number of likely N-dealkylation sites (tertiary alicyclic amines) is 1. The molecule has 2 fully saturated rings. The second-order valence-electron chi connectivity index (χ2n) is 6.49. The van der Waals surface area contributed by atoms with E-state index in [1.54, 1.807) is 0 Å². The lowest BCUT2D eigenvalue weighted by Gasteiger charge is -2.38. The van der Waals surface area contributed by atoms with E-state index in [9.17, 15) is 14.7 Å². The number of nitrogens with zero attached hydrogens (tertiary/aromatic N) is 1. The average molecular weight is 281 g/mol. The van der Waals surface area contributed by atoms with Gasteiger partial charge in [-0.15, -0.1) is 0 Å². The van der Waals surface area contributed by atoms with E-state index in [0.29, 0.717) is 13.0 Å². The SMILES string of the molecule is CC1CCC(C(=O)O)CN1C(=O)C1CCCCCCC1. The van der Waals surface area contributed by atoms with Crippen molar-refractivity contribution in [3.63, 3.8) is 0 Å². The molecule has 0 bridgehead atoms. The van der Waals surface area contributed by atoms with E-state index >= 15 is 0 Å². The van der Waals surface area contributed by atoms with Crippen LogP contribution in [0, 0.1) is 11.8 Å². The predicted octanol–water partition coefficient (Wildman–Crippen LogP) is 3.06. The van der Waals surface area contributed by atoms with Crippen molar-refractivity contribution >= 4 is 11.9 Å². The number of carbonyl (C=O) groups is 2. The van der Waals surface area contributed by atoms with Gasteiger partial charge in [-0.2, -0.15) is 0 Å². The highest BCUT2D eigenvalue weighted by molar-refractivity contribution is 5.80. The Kier molecular flexibility index (Phi) is 5.44. The largest absolute Gasteiger partial charge is 0.481 e. The summed E-state index contributed by atoms with van der Waals surface area (Å²) in [5.41, 5.74) is 0. The number of rotatable bonds is 2. The highest BCUT2D eigenvalue weighted by Crippen LogP contribution is 2.28. The van der Waals surface area contributed by atoms with Crippen LogP contribution >= 0.6 is 0 Å². The number of carbonyl (C=O) groups excluding carboxylic acids is 1.